The number of hydrogen-bond acceptors (Lipinski definition) is 5. The van der Waals surface area contributed by atoms with E-state index in [1.165, 1.54) is 11.3 Å². The molecule has 0 saturated carbocycles. The van der Waals surface area contributed by atoms with Gasteiger partial charge in [0.2, 0.25) is 17.7 Å². The third-order valence-corrected chi connectivity index (χ3v) is 4.62. The molecule has 1 aliphatic heterocycles. The van der Waals surface area contributed by atoms with Crippen LogP contribution in [0, 0.1) is 0 Å². The molecule has 0 aliphatic carbocycles. The van der Waals surface area contributed by atoms with Gasteiger partial charge >= 0.3 is 0 Å². The van der Waals surface area contributed by atoms with Gasteiger partial charge in [0.05, 0.1) is 12.1 Å². The van der Waals surface area contributed by atoms with Gasteiger partial charge in [0.25, 0.3) is 0 Å². The van der Waals surface area contributed by atoms with Crippen molar-refractivity contribution in [1.82, 2.24) is 10.3 Å². The van der Waals surface area contributed by atoms with Crippen molar-refractivity contribution in [2.75, 3.05) is 10.6 Å². The van der Waals surface area contributed by atoms with Crippen LogP contribution >= 0.6 is 22.9 Å². The molecule has 0 bridgehead atoms. The third kappa shape index (κ3) is 4.77. The van der Waals surface area contributed by atoms with E-state index in [1.807, 2.05) is 0 Å². The van der Waals surface area contributed by atoms with E-state index >= 15 is 0 Å². The van der Waals surface area contributed by atoms with Crippen molar-refractivity contribution in [2.24, 2.45) is 0 Å². The van der Waals surface area contributed by atoms with Crippen molar-refractivity contribution in [3.63, 3.8) is 0 Å². The van der Waals surface area contributed by atoms with Crippen LogP contribution < -0.4 is 16.0 Å². The van der Waals surface area contributed by atoms with E-state index in [0.29, 0.717) is 34.4 Å². The molecule has 1 saturated heterocycles. The van der Waals surface area contributed by atoms with E-state index in [0.717, 1.165) is 0 Å². The van der Waals surface area contributed by atoms with Gasteiger partial charge in [0.15, 0.2) is 5.13 Å². The van der Waals surface area contributed by atoms with Crippen molar-refractivity contribution in [2.45, 2.75) is 25.3 Å². The highest BCUT2D eigenvalue weighted by molar-refractivity contribution is 7.13. The fourth-order valence-electron chi connectivity index (χ4n) is 2.35. The highest BCUT2D eigenvalue weighted by atomic mass is 35.5. The molecule has 1 aromatic heterocycles. The molecule has 3 N–H and O–H groups in total. The number of nitrogens with zero attached hydrogens (tertiary/aromatic N) is 1. The first-order valence-corrected chi connectivity index (χ1v) is 8.85. The Morgan fingerprint density at radius 1 is 1.28 bits per heavy atom. The molecular weight excluding hydrogens is 364 g/mol. The number of carbonyl (C=O) groups excluding carboxylic acids is 3. The van der Waals surface area contributed by atoms with Crippen LogP contribution in [0.4, 0.5) is 10.8 Å². The normalized spacial score (nSPS) is 16.4. The molecule has 7 nitrogen and oxygen atoms in total. The Hall–Kier alpha value is -2.45. The van der Waals surface area contributed by atoms with Crippen LogP contribution in [-0.2, 0) is 20.8 Å². The first-order chi connectivity index (χ1) is 12.0. The monoisotopic (exact) mass is 378 g/mol. The Morgan fingerprint density at radius 2 is 2.04 bits per heavy atom. The highest BCUT2D eigenvalue weighted by Crippen LogP contribution is 2.18. The molecule has 1 atom stereocenters. The number of rotatable bonds is 5. The highest BCUT2D eigenvalue weighted by Gasteiger charge is 2.27. The predicted octanol–water partition coefficient (Wildman–Crippen LogP) is 2.19. The van der Waals surface area contributed by atoms with E-state index in [1.54, 1.807) is 29.6 Å². The molecule has 1 aliphatic rings. The fraction of sp³-hybridized carbons (Fsp3) is 0.250. The summed E-state index contributed by atoms with van der Waals surface area (Å²) in [6.07, 6.45) is 0.924. The Balaban J connectivity index is 1.52. The van der Waals surface area contributed by atoms with Crippen LogP contribution in [0.5, 0.6) is 0 Å². The van der Waals surface area contributed by atoms with Gasteiger partial charge in [-0.15, -0.1) is 11.3 Å². The number of benzene rings is 1. The van der Waals surface area contributed by atoms with Crippen molar-refractivity contribution >= 4 is 51.5 Å². The van der Waals surface area contributed by atoms with Crippen LogP contribution in [0.2, 0.25) is 5.02 Å². The second kappa shape index (κ2) is 7.62. The van der Waals surface area contributed by atoms with Gasteiger partial charge in [-0.2, -0.15) is 0 Å². The number of thiazole rings is 1. The molecule has 9 heteroatoms. The van der Waals surface area contributed by atoms with E-state index in [9.17, 15) is 14.4 Å². The molecule has 2 heterocycles. The Bertz CT molecular complexity index is 806. The molecule has 0 radical (unpaired) electrons. The zero-order chi connectivity index (χ0) is 17.8. The maximum Gasteiger partial charge on any atom is 0.248 e. The quantitative estimate of drug-likeness (QED) is 0.742. The number of anilines is 2. The van der Waals surface area contributed by atoms with Crippen molar-refractivity contribution in [1.29, 1.82) is 0 Å². The van der Waals surface area contributed by atoms with E-state index < -0.39 is 6.04 Å². The zero-order valence-corrected chi connectivity index (χ0v) is 14.6. The van der Waals surface area contributed by atoms with Crippen molar-refractivity contribution in [3.05, 3.63) is 40.4 Å². The predicted molar refractivity (Wildman–Crippen MR) is 95.7 cm³/mol. The molecule has 1 aromatic carbocycles. The molecule has 1 fully saturated rings. The summed E-state index contributed by atoms with van der Waals surface area (Å²) < 4.78 is 0. The third-order valence-electron chi connectivity index (χ3n) is 3.56. The maximum absolute atomic E-state index is 12.0. The van der Waals surface area contributed by atoms with Gasteiger partial charge in [0, 0.05) is 22.5 Å². The summed E-state index contributed by atoms with van der Waals surface area (Å²) >= 11 is 7.03. The molecule has 3 rings (SSSR count). The standard InChI is InChI=1S/C16H15ClN4O3S/c17-9-1-3-10(4-2-9)18-14(23)7-11-8-25-16(19-11)21-15(24)12-5-6-13(22)20-12/h1-4,8,12H,5-7H2,(H,18,23)(H,20,22)(H,19,21,24). The maximum atomic E-state index is 12.0. The summed E-state index contributed by atoms with van der Waals surface area (Å²) in [4.78, 5) is 39.4. The Morgan fingerprint density at radius 3 is 2.72 bits per heavy atom. The summed E-state index contributed by atoms with van der Waals surface area (Å²) in [5.41, 5.74) is 1.21. The summed E-state index contributed by atoms with van der Waals surface area (Å²) in [6, 6.07) is 6.28. The second-order valence-corrected chi connectivity index (χ2v) is 6.82. The van der Waals surface area contributed by atoms with Gasteiger partial charge in [-0.25, -0.2) is 4.98 Å². The minimum absolute atomic E-state index is 0.0924. The Labute approximate surface area is 152 Å². The van der Waals surface area contributed by atoms with Gasteiger partial charge in [-0.1, -0.05) is 11.6 Å². The van der Waals surface area contributed by atoms with Crippen molar-refractivity contribution < 1.29 is 14.4 Å². The largest absolute Gasteiger partial charge is 0.344 e. The number of nitrogens with one attached hydrogen (secondary N) is 3. The fourth-order valence-corrected chi connectivity index (χ4v) is 3.19. The molecule has 0 spiro atoms. The summed E-state index contributed by atoms with van der Waals surface area (Å²) in [5.74, 6) is -0.634. The number of amides is 3. The minimum atomic E-state index is -0.520. The molecule has 130 valence electrons. The van der Waals surface area contributed by atoms with Gasteiger partial charge in [-0.3, -0.25) is 14.4 Å². The number of aromatic nitrogens is 1. The average Bonchev–Trinajstić information content (AvgIpc) is 3.19. The molecule has 1 unspecified atom stereocenters. The summed E-state index contributed by atoms with van der Waals surface area (Å²) in [7, 11) is 0. The Kier molecular flexibility index (Phi) is 5.30. The summed E-state index contributed by atoms with van der Waals surface area (Å²) in [5, 5.41) is 10.7. The minimum Gasteiger partial charge on any atom is -0.344 e. The average molecular weight is 379 g/mol. The first-order valence-electron chi connectivity index (χ1n) is 7.59. The lowest BCUT2D eigenvalue weighted by molar-refractivity contribution is -0.122. The van der Waals surface area contributed by atoms with Crippen LogP contribution in [0.1, 0.15) is 18.5 Å². The molecule has 2 aromatic rings. The lowest BCUT2D eigenvalue weighted by Gasteiger charge is -2.08. The van der Waals surface area contributed by atoms with Gasteiger partial charge < -0.3 is 16.0 Å². The SMILES string of the molecule is O=C(Cc1csc(NC(=O)C2CCC(=O)N2)n1)Nc1ccc(Cl)cc1. The van der Waals surface area contributed by atoms with Crippen LogP contribution in [0.3, 0.4) is 0 Å². The van der Waals surface area contributed by atoms with Crippen LogP contribution in [0.15, 0.2) is 29.6 Å². The first kappa shape index (κ1) is 17.4. The van der Waals surface area contributed by atoms with E-state index in [2.05, 4.69) is 20.9 Å². The van der Waals surface area contributed by atoms with Crippen LogP contribution in [-0.4, -0.2) is 28.7 Å². The molecule has 3 amide bonds. The van der Waals surface area contributed by atoms with Gasteiger partial charge in [0.1, 0.15) is 6.04 Å². The lowest BCUT2D eigenvalue weighted by atomic mass is 10.2. The van der Waals surface area contributed by atoms with Crippen LogP contribution in [0.25, 0.3) is 0 Å². The number of carbonyl (C=O) groups is 3. The van der Waals surface area contributed by atoms with Crippen molar-refractivity contribution in [3.8, 4) is 0 Å². The lowest BCUT2D eigenvalue weighted by Crippen LogP contribution is -2.37. The smallest absolute Gasteiger partial charge is 0.248 e. The topological polar surface area (TPSA) is 100 Å². The van der Waals surface area contributed by atoms with E-state index in [4.69, 9.17) is 11.6 Å². The van der Waals surface area contributed by atoms with E-state index in [-0.39, 0.29) is 24.1 Å². The number of halogens is 1. The summed E-state index contributed by atoms with van der Waals surface area (Å²) in [6.45, 7) is 0. The molecule has 25 heavy (non-hydrogen) atoms. The number of hydrogen-bond donors (Lipinski definition) is 3. The second-order valence-electron chi connectivity index (χ2n) is 5.52. The zero-order valence-electron chi connectivity index (χ0n) is 13.0. The molecular formula is C16H15ClN4O3S. The van der Waals surface area contributed by atoms with Gasteiger partial charge in [-0.05, 0) is 30.7 Å².